The topological polar surface area (TPSA) is 63.4 Å². The fourth-order valence-electron chi connectivity index (χ4n) is 2.81. The number of nitrogens with zero attached hydrogens (tertiary/aromatic N) is 2. The van der Waals surface area contributed by atoms with Crippen LogP contribution in [0.1, 0.15) is 12.8 Å². The molecule has 0 bridgehead atoms. The molecule has 0 aliphatic carbocycles. The van der Waals surface area contributed by atoms with Crippen LogP contribution in [0.15, 0.2) is 62.2 Å². The van der Waals surface area contributed by atoms with Gasteiger partial charge < -0.3 is 9.32 Å². The molecule has 1 saturated heterocycles. The molecule has 0 unspecified atom stereocenters. The van der Waals surface area contributed by atoms with Crippen molar-refractivity contribution in [3.63, 3.8) is 0 Å². The lowest BCUT2D eigenvalue weighted by Gasteiger charge is -2.14. The van der Waals surface area contributed by atoms with Crippen LogP contribution in [-0.2, 0) is 9.84 Å². The molecule has 24 heavy (non-hydrogen) atoms. The van der Waals surface area contributed by atoms with Gasteiger partial charge in [0.2, 0.25) is 26.6 Å². The Labute approximate surface area is 144 Å². The summed E-state index contributed by atoms with van der Waals surface area (Å²) in [5.74, 6) is 0.723. The molecular weight excluding hydrogens is 344 g/mol. The molecular formula is C17H16N2O3S2. The number of hydrogen-bond donors (Lipinski definition) is 0. The van der Waals surface area contributed by atoms with Crippen LogP contribution in [0, 0.1) is 0 Å². The van der Waals surface area contributed by atoms with E-state index in [1.807, 2.05) is 22.4 Å². The Morgan fingerprint density at radius 1 is 1.04 bits per heavy atom. The Bertz CT molecular complexity index is 926. The highest BCUT2D eigenvalue weighted by atomic mass is 32.2. The summed E-state index contributed by atoms with van der Waals surface area (Å²) in [5, 5.41) is 1.93. The van der Waals surface area contributed by atoms with Crippen LogP contribution < -0.4 is 4.90 Å². The third kappa shape index (κ3) is 2.63. The van der Waals surface area contributed by atoms with E-state index in [0.717, 1.165) is 30.8 Å². The minimum atomic E-state index is -3.72. The van der Waals surface area contributed by atoms with E-state index in [1.54, 1.807) is 30.3 Å². The van der Waals surface area contributed by atoms with E-state index in [2.05, 4.69) is 4.98 Å². The molecule has 0 N–H and O–H groups in total. The smallest absolute Gasteiger partial charge is 0.240 e. The van der Waals surface area contributed by atoms with Crippen LogP contribution in [-0.4, -0.2) is 26.5 Å². The maximum Gasteiger partial charge on any atom is 0.240 e. The van der Waals surface area contributed by atoms with Crippen molar-refractivity contribution in [1.29, 1.82) is 0 Å². The summed E-state index contributed by atoms with van der Waals surface area (Å²) in [6.45, 7) is 1.58. The van der Waals surface area contributed by atoms with E-state index >= 15 is 0 Å². The van der Waals surface area contributed by atoms with Crippen LogP contribution >= 0.6 is 11.3 Å². The van der Waals surface area contributed by atoms with Crippen molar-refractivity contribution in [2.75, 3.05) is 18.0 Å². The van der Waals surface area contributed by atoms with E-state index in [-0.39, 0.29) is 9.92 Å². The second kappa shape index (κ2) is 6.07. The Kier molecular flexibility index (Phi) is 3.90. The standard InChI is InChI=1S/C17H16N2O3S2/c20-24(21,13-7-2-1-3-8-13)16-17(19-10-4-5-11-19)22-15(18-16)14-9-6-12-23-14/h1-3,6-9,12H,4-5,10-11H2. The highest BCUT2D eigenvalue weighted by Gasteiger charge is 2.32. The number of hydrogen-bond acceptors (Lipinski definition) is 6. The molecule has 0 saturated carbocycles. The van der Waals surface area contributed by atoms with Gasteiger partial charge in [-0.2, -0.15) is 4.98 Å². The first kappa shape index (κ1) is 15.4. The molecule has 124 valence electrons. The van der Waals surface area contributed by atoms with Crippen molar-refractivity contribution in [2.45, 2.75) is 22.8 Å². The van der Waals surface area contributed by atoms with Gasteiger partial charge in [0.25, 0.3) is 0 Å². The second-order valence-corrected chi connectivity index (χ2v) is 8.43. The predicted octanol–water partition coefficient (Wildman–Crippen LogP) is 3.84. The largest absolute Gasteiger partial charge is 0.418 e. The molecule has 0 spiro atoms. The van der Waals surface area contributed by atoms with Crippen molar-refractivity contribution in [2.24, 2.45) is 0 Å². The SMILES string of the molecule is O=S(=O)(c1ccccc1)c1nc(-c2cccs2)oc1N1CCCC1. The van der Waals surface area contributed by atoms with Gasteiger partial charge in [0.05, 0.1) is 9.77 Å². The van der Waals surface area contributed by atoms with Crippen LogP contribution in [0.25, 0.3) is 10.8 Å². The average molecular weight is 360 g/mol. The van der Waals surface area contributed by atoms with Gasteiger partial charge >= 0.3 is 0 Å². The highest BCUT2D eigenvalue weighted by molar-refractivity contribution is 7.91. The first-order chi connectivity index (χ1) is 11.7. The number of thiophene rings is 1. The van der Waals surface area contributed by atoms with Crippen molar-refractivity contribution in [3.05, 3.63) is 47.8 Å². The summed E-state index contributed by atoms with van der Waals surface area (Å²) in [6.07, 6.45) is 2.06. The van der Waals surface area contributed by atoms with E-state index in [1.165, 1.54) is 11.3 Å². The Hall–Kier alpha value is -2.12. The number of rotatable bonds is 4. The maximum atomic E-state index is 13.0. The summed E-state index contributed by atoms with van der Waals surface area (Å²) in [7, 11) is -3.72. The number of sulfone groups is 1. The number of aromatic nitrogens is 1. The molecule has 1 aliphatic heterocycles. The van der Waals surface area contributed by atoms with Gasteiger partial charge in [-0.25, -0.2) is 8.42 Å². The minimum absolute atomic E-state index is 0.0130. The quantitative estimate of drug-likeness (QED) is 0.707. The molecule has 3 aromatic rings. The van der Waals surface area contributed by atoms with E-state index in [9.17, 15) is 8.42 Å². The summed E-state index contributed by atoms with van der Waals surface area (Å²) in [4.78, 5) is 7.39. The van der Waals surface area contributed by atoms with Crippen molar-refractivity contribution < 1.29 is 12.8 Å². The van der Waals surface area contributed by atoms with Crippen LogP contribution in [0.2, 0.25) is 0 Å². The van der Waals surface area contributed by atoms with Gasteiger partial charge in [-0.15, -0.1) is 11.3 Å². The number of oxazole rings is 1. The molecule has 1 fully saturated rings. The molecule has 7 heteroatoms. The molecule has 0 amide bonds. The second-order valence-electron chi connectivity index (χ2n) is 5.62. The van der Waals surface area contributed by atoms with Crippen LogP contribution in [0.5, 0.6) is 0 Å². The van der Waals surface area contributed by atoms with Gasteiger partial charge in [0, 0.05) is 13.1 Å². The maximum absolute atomic E-state index is 13.0. The normalized spacial score (nSPS) is 15.1. The zero-order valence-electron chi connectivity index (χ0n) is 12.9. The van der Waals surface area contributed by atoms with E-state index in [4.69, 9.17) is 4.42 Å². The molecule has 0 radical (unpaired) electrons. The number of anilines is 1. The number of benzene rings is 1. The molecule has 1 aromatic carbocycles. The first-order valence-corrected chi connectivity index (χ1v) is 10.1. The molecule has 1 aliphatic rings. The van der Waals surface area contributed by atoms with E-state index in [0.29, 0.717) is 11.8 Å². The van der Waals surface area contributed by atoms with Gasteiger partial charge in [-0.3, -0.25) is 0 Å². The third-order valence-electron chi connectivity index (χ3n) is 4.01. The molecule has 5 nitrogen and oxygen atoms in total. The Morgan fingerprint density at radius 2 is 1.79 bits per heavy atom. The summed E-state index contributed by atoms with van der Waals surface area (Å²) in [6, 6.07) is 12.2. The average Bonchev–Trinajstić information content (AvgIpc) is 3.34. The van der Waals surface area contributed by atoms with E-state index < -0.39 is 9.84 Å². The Balaban J connectivity index is 1.87. The van der Waals surface area contributed by atoms with Crippen LogP contribution in [0.4, 0.5) is 5.88 Å². The van der Waals surface area contributed by atoms with Gasteiger partial charge in [0.15, 0.2) is 0 Å². The zero-order valence-corrected chi connectivity index (χ0v) is 14.5. The first-order valence-electron chi connectivity index (χ1n) is 7.76. The fraction of sp³-hybridized carbons (Fsp3) is 0.235. The molecule has 0 atom stereocenters. The Morgan fingerprint density at radius 3 is 2.46 bits per heavy atom. The lowest BCUT2D eigenvalue weighted by molar-refractivity contribution is 0.557. The van der Waals surface area contributed by atoms with Gasteiger partial charge in [-0.1, -0.05) is 24.3 Å². The highest BCUT2D eigenvalue weighted by Crippen LogP contribution is 2.37. The summed E-state index contributed by atoms with van der Waals surface area (Å²) < 4.78 is 32.0. The summed E-state index contributed by atoms with van der Waals surface area (Å²) >= 11 is 1.48. The fourth-order valence-corrected chi connectivity index (χ4v) is 4.80. The molecule has 3 heterocycles. The third-order valence-corrected chi connectivity index (χ3v) is 6.54. The summed E-state index contributed by atoms with van der Waals surface area (Å²) in [5.41, 5.74) is 0. The molecule has 2 aromatic heterocycles. The zero-order chi connectivity index (χ0) is 16.6. The minimum Gasteiger partial charge on any atom is -0.418 e. The van der Waals surface area contributed by atoms with Crippen molar-refractivity contribution in [3.8, 4) is 10.8 Å². The van der Waals surface area contributed by atoms with Gasteiger partial charge in [-0.05, 0) is 36.4 Å². The predicted molar refractivity (Wildman–Crippen MR) is 93.2 cm³/mol. The van der Waals surface area contributed by atoms with Gasteiger partial charge in [0.1, 0.15) is 0 Å². The molecule has 4 rings (SSSR count). The monoisotopic (exact) mass is 360 g/mol. The van der Waals surface area contributed by atoms with Crippen molar-refractivity contribution in [1.82, 2.24) is 4.98 Å². The lowest BCUT2D eigenvalue weighted by atomic mass is 10.4. The van der Waals surface area contributed by atoms with Crippen LogP contribution in [0.3, 0.4) is 0 Å². The lowest BCUT2D eigenvalue weighted by Crippen LogP contribution is -2.19. The van der Waals surface area contributed by atoms with Crippen molar-refractivity contribution >= 4 is 27.1 Å².